The fourth-order valence-corrected chi connectivity index (χ4v) is 5.90. The molecule has 4 rings (SSSR count). The predicted molar refractivity (Wildman–Crippen MR) is 134 cm³/mol. The fraction of sp³-hybridized carbons (Fsp3) is 0.630. The molecule has 3 aliphatic heterocycles. The van der Waals surface area contributed by atoms with Crippen LogP contribution in [0, 0.1) is 11.3 Å². The van der Waals surface area contributed by atoms with Crippen LogP contribution in [0.1, 0.15) is 64.1 Å². The van der Waals surface area contributed by atoms with Crippen molar-refractivity contribution in [3.63, 3.8) is 0 Å². The van der Waals surface area contributed by atoms with Gasteiger partial charge in [-0.25, -0.2) is 4.79 Å². The zero-order valence-corrected chi connectivity index (χ0v) is 22.5. The molecule has 12 heteroatoms. The summed E-state index contributed by atoms with van der Waals surface area (Å²) < 4.78 is 46.3. The van der Waals surface area contributed by atoms with Crippen LogP contribution in [0.25, 0.3) is 0 Å². The van der Waals surface area contributed by atoms with E-state index in [1.165, 1.54) is 28.0 Å². The first kappa shape index (κ1) is 28.7. The highest BCUT2D eigenvalue weighted by atomic mass is 19.4. The Balaban J connectivity index is 1.51. The summed E-state index contributed by atoms with van der Waals surface area (Å²) in [4.78, 5) is 44.2. The summed E-state index contributed by atoms with van der Waals surface area (Å²) in [5.41, 5.74) is -1.53. The van der Waals surface area contributed by atoms with E-state index in [4.69, 9.17) is 4.74 Å². The average molecular weight is 550 g/mol. The Morgan fingerprint density at radius 3 is 2.54 bits per heavy atom. The maximum absolute atomic E-state index is 13.6. The van der Waals surface area contributed by atoms with E-state index in [2.05, 4.69) is 11.4 Å². The van der Waals surface area contributed by atoms with Crippen LogP contribution in [0.15, 0.2) is 24.3 Å². The lowest BCUT2D eigenvalue weighted by atomic mass is 9.99. The molecule has 3 saturated heterocycles. The van der Waals surface area contributed by atoms with Crippen molar-refractivity contribution in [3.8, 4) is 6.07 Å². The molecule has 1 N–H and O–H groups in total. The maximum atomic E-state index is 13.6. The largest absolute Gasteiger partial charge is 0.444 e. The zero-order valence-electron chi connectivity index (χ0n) is 22.5. The highest BCUT2D eigenvalue weighted by Gasteiger charge is 2.53. The second-order valence-electron chi connectivity index (χ2n) is 11.4. The molecule has 2 bridgehead atoms. The molecule has 39 heavy (non-hydrogen) atoms. The maximum Gasteiger partial charge on any atom is 0.416 e. The number of rotatable bonds is 6. The minimum Gasteiger partial charge on any atom is -0.444 e. The summed E-state index contributed by atoms with van der Waals surface area (Å²) in [5, 5.41) is 12.1. The second kappa shape index (κ2) is 10.7. The molecule has 3 amide bonds. The minimum atomic E-state index is -4.55. The van der Waals surface area contributed by atoms with Gasteiger partial charge in [-0.2, -0.15) is 18.4 Å². The quantitative estimate of drug-likeness (QED) is 0.583. The van der Waals surface area contributed by atoms with Gasteiger partial charge >= 0.3 is 12.3 Å². The number of benzene rings is 1. The molecule has 0 aliphatic carbocycles. The Hall–Kier alpha value is -3.33. The van der Waals surface area contributed by atoms with Crippen molar-refractivity contribution in [2.24, 2.45) is 0 Å². The van der Waals surface area contributed by atoms with E-state index in [0.717, 1.165) is 6.07 Å². The molecule has 1 unspecified atom stereocenters. The molecule has 0 aromatic heterocycles. The van der Waals surface area contributed by atoms with Crippen LogP contribution in [0.5, 0.6) is 0 Å². The Kier molecular flexibility index (Phi) is 7.85. The summed E-state index contributed by atoms with van der Waals surface area (Å²) in [6.45, 7) is 7.43. The van der Waals surface area contributed by atoms with Gasteiger partial charge in [-0.3, -0.25) is 14.5 Å². The van der Waals surface area contributed by atoms with E-state index in [-0.39, 0.29) is 24.1 Å². The monoisotopic (exact) mass is 549 g/mol. The number of alkyl carbamates (subject to hydrolysis) is 1. The van der Waals surface area contributed by atoms with Gasteiger partial charge in [0, 0.05) is 25.7 Å². The Morgan fingerprint density at radius 2 is 1.92 bits per heavy atom. The van der Waals surface area contributed by atoms with Crippen LogP contribution in [0.4, 0.5) is 18.0 Å². The molecule has 0 spiro atoms. The van der Waals surface area contributed by atoms with Gasteiger partial charge in [0.25, 0.3) is 0 Å². The van der Waals surface area contributed by atoms with Gasteiger partial charge in [-0.05, 0) is 58.6 Å². The number of hydrogen-bond acceptors (Lipinski definition) is 6. The number of hydrogen-bond donors (Lipinski definition) is 1. The standard InChI is InChI=1S/C27H34F3N5O4/c1-16(19-9-5-6-10-20(19)27(28,29)30)35-18-12-22(24(35)37)33(14-18)15-21(32-25(38)39-26(2,3)4)23(36)34-11-7-8-17(34)13-31/h5-6,9-10,16-18,21-22H,7-8,11-12,14-15H2,1-4H3,(H,32,38)/t16-,17-,18?,21-,22-/m0/s1. The minimum absolute atomic E-state index is 0.0149. The molecule has 3 aliphatic rings. The summed E-state index contributed by atoms with van der Waals surface area (Å²) in [5.74, 6) is -0.736. The van der Waals surface area contributed by atoms with Crippen LogP contribution < -0.4 is 5.32 Å². The van der Waals surface area contributed by atoms with Crippen LogP contribution in [0.3, 0.4) is 0 Å². The summed E-state index contributed by atoms with van der Waals surface area (Å²) in [7, 11) is 0. The molecule has 3 fully saturated rings. The highest BCUT2D eigenvalue weighted by Crippen LogP contribution is 2.41. The molecule has 5 atom stereocenters. The molecule has 3 heterocycles. The number of carbonyl (C=O) groups is 3. The number of halogens is 3. The Morgan fingerprint density at radius 1 is 1.23 bits per heavy atom. The van der Waals surface area contributed by atoms with E-state index in [1.807, 2.05) is 0 Å². The number of piperazine rings is 1. The molecule has 212 valence electrons. The van der Waals surface area contributed by atoms with Gasteiger partial charge in [0.05, 0.1) is 23.7 Å². The summed E-state index contributed by atoms with van der Waals surface area (Å²) in [6, 6.07) is 3.98. The average Bonchev–Trinajstić information content (AvgIpc) is 3.55. The molecule has 0 radical (unpaired) electrons. The molecule has 1 aromatic rings. The Labute approximate surface area is 225 Å². The number of nitriles is 1. The number of carbonyl (C=O) groups excluding carboxylic acids is 3. The summed E-state index contributed by atoms with van der Waals surface area (Å²) in [6.07, 6.45) is -3.71. The van der Waals surface area contributed by atoms with Crippen LogP contribution in [0.2, 0.25) is 0 Å². The fourth-order valence-electron chi connectivity index (χ4n) is 5.90. The van der Waals surface area contributed by atoms with Crippen molar-refractivity contribution in [2.45, 2.75) is 88.9 Å². The lowest BCUT2D eigenvalue weighted by molar-refractivity contribution is -0.144. The van der Waals surface area contributed by atoms with Crippen molar-refractivity contribution >= 4 is 17.9 Å². The molecular weight excluding hydrogens is 515 g/mol. The van der Waals surface area contributed by atoms with Crippen molar-refractivity contribution in [1.29, 1.82) is 5.26 Å². The smallest absolute Gasteiger partial charge is 0.416 e. The third kappa shape index (κ3) is 5.98. The van der Waals surface area contributed by atoms with Crippen LogP contribution in [-0.2, 0) is 20.5 Å². The van der Waals surface area contributed by atoms with E-state index >= 15 is 0 Å². The lowest BCUT2D eigenvalue weighted by Crippen LogP contribution is -2.59. The second-order valence-corrected chi connectivity index (χ2v) is 11.4. The SMILES string of the molecule is C[C@@H](c1ccccc1C(F)(F)F)N1C(=O)[C@@H]2CC1CN2C[C@H](NC(=O)OC(C)(C)C)C(=O)N1CCC[C@H]1C#N. The number of fused-ring (bicyclic) bond motifs is 2. The van der Waals surface area contributed by atoms with Crippen molar-refractivity contribution in [3.05, 3.63) is 35.4 Å². The van der Waals surface area contributed by atoms with Gasteiger partial charge in [-0.1, -0.05) is 18.2 Å². The number of ether oxygens (including phenoxy) is 1. The lowest BCUT2D eigenvalue weighted by Gasteiger charge is -2.39. The number of amides is 3. The molecule has 1 aromatic carbocycles. The van der Waals surface area contributed by atoms with E-state index in [0.29, 0.717) is 32.4 Å². The van der Waals surface area contributed by atoms with Gasteiger partial charge < -0.3 is 19.9 Å². The first-order chi connectivity index (χ1) is 18.2. The van der Waals surface area contributed by atoms with Crippen molar-refractivity contribution in [2.75, 3.05) is 19.6 Å². The molecular formula is C27H34F3N5O4. The normalized spacial score (nSPS) is 25.0. The first-order valence-electron chi connectivity index (χ1n) is 13.1. The van der Waals surface area contributed by atoms with Gasteiger partial charge in [0.2, 0.25) is 11.8 Å². The van der Waals surface area contributed by atoms with Gasteiger partial charge in [0.15, 0.2) is 0 Å². The third-order valence-corrected chi connectivity index (χ3v) is 7.54. The van der Waals surface area contributed by atoms with Crippen LogP contribution >= 0.6 is 0 Å². The highest BCUT2D eigenvalue weighted by molar-refractivity contribution is 5.88. The van der Waals surface area contributed by atoms with E-state index in [9.17, 15) is 32.8 Å². The van der Waals surface area contributed by atoms with Crippen LogP contribution in [-0.4, -0.2) is 82.0 Å². The topological polar surface area (TPSA) is 106 Å². The first-order valence-corrected chi connectivity index (χ1v) is 13.1. The van der Waals surface area contributed by atoms with Gasteiger partial charge in [-0.15, -0.1) is 0 Å². The zero-order chi connectivity index (χ0) is 28.7. The predicted octanol–water partition coefficient (Wildman–Crippen LogP) is 3.46. The number of nitrogens with zero attached hydrogens (tertiary/aromatic N) is 4. The van der Waals surface area contributed by atoms with E-state index in [1.54, 1.807) is 32.6 Å². The third-order valence-electron chi connectivity index (χ3n) is 7.54. The van der Waals surface area contributed by atoms with E-state index < -0.39 is 53.5 Å². The molecule has 9 nitrogen and oxygen atoms in total. The van der Waals surface area contributed by atoms with Crippen molar-refractivity contribution in [1.82, 2.24) is 20.0 Å². The Bertz CT molecular complexity index is 1160. The number of nitrogens with one attached hydrogen (secondary N) is 1. The van der Waals surface area contributed by atoms with Crippen molar-refractivity contribution < 1.29 is 32.3 Å². The summed E-state index contributed by atoms with van der Waals surface area (Å²) >= 11 is 0. The van der Waals surface area contributed by atoms with Gasteiger partial charge in [0.1, 0.15) is 17.7 Å². The molecule has 0 saturated carbocycles. The number of likely N-dealkylation sites (tertiary alicyclic amines) is 3. The number of alkyl halides is 3.